The smallest absolute Gasteiger partial charge is 0.407 e. The van der Waals surface area contributed by atoms with Crippen LogP contribution in [0.3, 0.4) is 0 Å². The first-order valence-electron chi connectivity index (χ1n) is 11.1. The Hall–Kier alpha value is -3.00. The number of thioether (sulfide) groups is 1. The third-order valence-electron chi connectivity index (χ3n) is 6.33. The van der Waals surface area contributed by atoms with Crippen LogP contribution in [0.4, 0.5) is 4.79 Å². The van der Waals surface area contributed by atoms with Crippen LogP contribution in [0, 0.1) is 5.92 Å². The molecule has 7 nitrogen and oxygen atoms in total. The molecule has 2 atom stereocenters. The van der Waals surface area contributed by atoms with Crippen LogP contribution in [0.5, 0.6) is 0 Å². The molecule has 4 rings (SSSR count). The van der Waals surface area contributed by atoms with E-state index in [1.165, 1.54) is 16.7 Å². The molecule has 8 heteroatoms. The zero-order chi connectivity index (χ0) is 23.5. The molecule has 2 amide bonds. The molecule has 174 valence electrons. The van der Waals surface area contributed by atoms with Gasteiger partial charge in [-0.05, 0) is 28.2 Å². The van der Waals surface area contributed by atoms with Gasteiger partial charge < -0.3 is 20.1 Å². The molecule has 2 N–H and O–H groups in total. The fourth-order valence-electron chi connectivity index (χ4n) is 4.44. The minimum Gasteiger partial charge on any atom is -0.480 e. The van der Waals surface area contributed by atoms with Crippen molar-refractivity contribution in [1.82, 2.24) is 10.2 Å². The molecule has 2 aromatic rings. The number of alkyl carbamates (subject to hydrolysis) is 1. The Morgan fingerprint density at radius 1 is 1.09 bits per heavy atom. The van der Waals surface area contributed by atoms with Crippen LogP contribution < -0.4 is 5.32 Å². The summed E-state index contributed by atoms with van der Waals surface area (Å²) in [4.78, 5) is 38.2. The number of carbonyl (C=O) groups is 3. The summed E-state index contributed by atoms with van der Waals surface area (Å²) in [5.41, 5.74) is 4.58. The van der Waals surface area contributed by atoms with Gasteiger partial charge in [-0.15, -0.1) is 11.8 Å². The lowest BCUT2D eigenvalue weighted by Gasteiger charge is -2.26. The minimum atomic E-state index is -1.00. The Morgan fingerprint density at radius 2 is 1.70 bits per heavy atom. The molecule has 2 aromatic carbocycles. The van der Waals surface area contributed by atoms with Gasteiger partial charge in [-0.25, -0.2) is 9.59 Å². The fourth-order valence-corrected chi connectivity index (χ4v) is 5.62. The van der Waals surface area contributed by atoms with Crippen molar-refractivity contribution >= 4 is 29.7 Å². The average Bonchev–Trinajstić information content (AvgIpc) is 3.41. The number of hydrogen-bond acceptors (Lipinski definition) is 5. The van der Waals surface area contributed by atoms with Gasteiger partial charge >= 0.3 is 12.1 Å². The van der Waals surface area contributed by atoms with Crippen molar-refractivity contribution < 1.29 is 24.2 Å². The van der Waals surface area contributed by atoms with Crippen LogP contribution in [0.25, 0.3) is 11.1 Å². The largest absolute Gasteiger partial charge is 0.480 e. The summed E-state index contributed by atoms with van der Waals surface area (Å²) in [5.74, 6) is -0.601. The van der Waals surface area contributed by atoms with Gasteiger partial charge in [-0.2, -0.15) is 0 Å². The average molecular weight is 469 g/mol. The van der Waals surface area contributed by atoms with Gasteiger partial charge in [0.2, 0.25) is 5.91 Å². The molecule has 33 heavy (non-hydrogen) atoms. The van der Waals surface area contributed by atoms with Crippen molar-refractivity contribution in [3.8, 4) is 11.1 Å². The van der Waals surface area contributed by atoms with Crippen LogP contribution in [0.2, 0.25) is 0 Å². The molecular formula is C25H28N2O5S. The van der Waals surface area contributed by atoms with E-state index in [0.717, 1.165) is 22.3 Å². The maximum absolute atomic E-state index is 12.8. The van der Waals surface area contributed by atoms with Gasteiger partial charge in [-0.3, -0.25) is 4.79 Å². The Kier molecular flexibility index (Phi) is 6.93. The van der Waals surface area contributed by atoms with E-state index in [9.17, 15) is 19.5 Å². The number of hydrogen-bond donors (Lipinski definition) is 2. The van der Waals surface area contributed by atoms with Crippen LogP contribution in [-0.4, -0.2) is 58.3 Å². The quantitative estimate of drug-likeness (QED) is 0.639. The highest BCUT2D eigenvalue weighted by Gasteiger charge is 2.36. The first kappa shape index (κ1) is 23.2. The van der Waals surface area contributed by atoms with E-state index < -0.39 is 24.1 Å². The second-order valence-corrected chi connectivity index (χ2v) is 9.74. The lowest BCUT2D eigenvalue weighted by Crippen LogP contribution is -2.47. The number of rotatable bonds is 7. The summed E-state index contributed by atoms with van der Waals surface area (Å²) in [5, 5.41) is 12.2. The van der Waals surface area contributed by atoms with E-state index in [1.807, 2.05) is 38.1 Å². The van der Waals surface area contributed by atoms with Crippen molar-refractivity contribution in [2.45, 2.75) is 38.3 Å². The highest BCUT2D eigenvalue weighted by molar-refractivity contribution is 7.99. The van der Waals surface area contributed by atoms with E-state index in [0.29, 0.717) is 11.6 Å². The summed E-state index contributed by atoms with van der Waals surface area (Å²) in [7, 11) is 0. The number of carbonyl (C=O) groups excluding carboxylic acids is 2. The molecule has 1 unspecified atom stereocenters. The number of aliphatic carboxylic acids is 1. The molecule has 0 aromatic heterocycles. The molecule has 1 aliphatic heterocycles. The fraction of sp³-hybridized carbons (Fsp3) is 0.400. The highest BCUT2D eigenvalue weighted by atomic mass is 32.2. The first-order chi connectivity index (χ1) is 15.9. The van der Waals surface area contributed by atoms with Gasteiger partial charge in [0.15, 0.2) is 0 Å². The summed E-state index contributed by atoms with van der Waals surface area (Å²) in [6, 6.07) is 15.0. The van der Waals surface area contributed by atoms with E-state index in [-0.39, 0.29) is 30.8 Å². The SMILES string of the molecule is CC(C)[C@H](CC(=O)N1CSCC1C(=O)O)NC(=O)OCC1c2ccccc2-c2ccccc21. The predicted molar refractivity (Wildman–Crippen MR) is 127 cm³/mol. The van der Waals surface area contributed by atoms with E-state index >= 15 is 0 Å². The molecule has 1 fully saturated rings. The van der Waals surface area contributed by atoms with Gasteiger partial charge in [0.05, 0.1) is 5.88 Å². The Morgan fingerprint density at radius 3 is 2.27 bits per heavy atom. The summed E-state index contributed by atoms with van der Waals surface area (Å²) in [6.45, 7) is 4.02. The molecule has 1 heterocycles. The molecular weight excluding hydrogens is 440 g/mol. The van der Waals surface area contributed by atoms with Crippen molar-refractivity contribution in [1.29, 1.82) is 0 Å². The molecule has 1 saturated heterocycles. The number of benzene rings is 2. The lowest BCUT2D eigenvalue weighted by molar-refractivity contribution is -0.148. The maximum Gasteiger partial charge on any atom is 0.407 e. The van der Waals surface area contributed by atoms with Gasteiger partial charge in [0, 0.05) is 24.1 Å². The summed E-state index contributed by atoms with van der Waals surface area (Å²) < 4.78 is 5.61. The normalized spacial score (nSPS) is 18.0. The van der Waals surface area contributed by atoms with Crippen LogP contribution in [0.1, 0.15) is 37.3 Å². The Bertz CT molecular complexity index is 1010. The van der Waals surface area contributed by atoms with E-state index in [2.05, 4.69) is 29.6 Å². The third kappa shape index (κ3) is 4.85. The summed E-state index contributed by atoms with van der Waals surface area (Å²) >= 11 is 1.42. The summed E-state index contributed by atoms with van der Waals surface area (Å²) in [6.07, 6.45) is -0.541. The number of carboxylic acid groups (broad SMARTS) is 1. The molecule has 0 spiro atoms. The van der Waals surface area contributed by atoms with Gasteiger partial charge in [-0.1, -0.05) is 62.4 Å². The van der Waals surface area contributed by atoms with Crippen molar-refractivity contribution in [2.75, 3.05) is 18.2 Å². The van der Waals surface area contributed by atoms with E-state index in [4.69, 9.17) is 4.74 Å². The van der Waals surface area contributed by atoms with Crippen LogP contribution >= 0.6 is 11.8 Å². The Labute approximate surface area is 197 Å². The lowest BCUT2D eigenvalue weighted by atomic mass is 9.98. The topological polar surface area (TPSA) is 95.9 Å². The van der Waals surface area contributed by atoms with Gasteiger partial charge in [0.25, 0.3) is 0 Å². The predicted octanol–water partition coefficient (Wildman–Crippen LogP) is 3.93. The number of amides is 2. The van der Waals surface area contributed by atoms with Crippen LogP contribution in [-0.2, 0) is 14.3 Å². The van der Waals surface area contributed by atoms with Crippen molar-refractivity contribution in [3.05, 3.63) is 59.7 Å². The monoisotopic (exact) mass is 468 g/mol. The number of nitrogens with zero attached hydrogens (tertiary/aromatic N) is 1. The second-order valence-electron chi connectivity index (χ2n) is 8.74. The maximum atomic E-state index is 12.8. The molecule has 1 aliphatic carbocycles. The molecule has 0 radical (unpaired) electrons. The highest BCUT2D eigenvalue weighted by Crippen LogP contribution is 2.44. The zero-order valence-corrected chi connectivity index (χ0v) is 19.5. The number of carboxylic acids is 1. The number of fused-ring (bicyclic) bond motifs is 3. The first-order valence-corrected chi connectivity index (χ1v) is 12.2. The van der Waals surface area contributed by atoms with Crippen molar-refractivity contribution in [3.63, 3.8) is 0 Å². The molecule has 2 aliphatic rings. The molecule has 0 bridgehead atoms. The van der Waals surface area contributed by atoms with E-state index in [1.54, 1.807) is 0 Å². The third-order valence-corrected chi connectivity index (χ3v) is 7.35. The van der Waals surface area contributed by atoms with Crippen molar-refractivity contribution in [2.24, 2.45) is 5.92 Å². The standard InChI is InChI=1S/C25H28N2O5S/c1-15(2)21(11-23(28)27-14-33-13-22(27)24(29)30)26-25(31)32-12-20-18-9-5-3-7-16(18)17-8-4-6-10-19(17)20/h3-10,15,20-22H,11-14H2,1-2H3,(H,26,31)(H,29,30)/t21-,22?/m0/s1. The van der Waals surface area contributed by atoms with Crippen LogP contribution in [0.15, 0.2) is 48.5 Å². The van der Waals surface area contributed by atoms with Gasteiger partial charge in [0.1, 0.15) is 12.6 Å². The number of nitrogens with one attached hydrogen (secondary N) is 1. The second kappa shape index (κ2) is 9.87. The zero-order valence-electron chi connectivity index (χ0n) is 18.7. The number of ether oxygens (including phenoxy) is 1. The Balaban J connectivity index is 1.38. The molecule has 0 saturated carbocycles. The minimum absolute atomic E-state index is 0.0204.